The third kappa shape index (κ3) is 18.4. The largest absolute Gasteiger partial charge is 0.455 e. The summed E-state index contributed by atoms with van der Waals surface area (Å²) in [5, 5.41) is 30.6. The molecular weight excluding hydrogens is 536 g/mol. The molecule has 0 aromatic heterocycles. The van der Waals surface area contributed by atoms with Crippen molar-refractivity contribution >= 4 is 11.9 Å². The van der Waals surface area contributed by atoms with Crippen LogP contribution >= 0.6 is 0 Å². The third-order valence-electron chi connectivity index (χ3n) is 8.32. The standard InChI is InChI=1S/C34H64O8/c1-3-5-7-9-11-13-15-17-19-21-23-25-29(36)41-32-31(38)28(27-35)40-34(39)33(32)42-30(37)26-24-22-20-18-16-14-12-10-8-6-4-2/h28,31-35,38-39H,3-27H2,1-2H3/t28-,31+,32+,33-,34+/m1/s1. The van der Waals surface area contributed by atoms with E-state index in [1.165, 1.54) is 89.9 Å². The van der Waals surface area contributed by atoms with Gasteiger partial charge in [0.25, 0.3) is 0 Å². The smallest absolute Gasteiger partial charge is 0.306 e. The van der Waals surface area contributed by atoms with E-state index in [0.29, 0.717) is 12.8 Å². The van der Waals surface area contributed by atoms with Crippen molar-refractivity contribution in [2.45, 2.75) is 199 Å². The number of unbranched alkanes of at least 4 members (excludes halogenated alkanes) is 20. The molecule has 0 bridgehead atoms. The van der Waals surface area contributed by atoms with Gasteiger partial charge in [-0.2, -0.15) is 0 Å². The van der Waals surface area contributed by atoms with Gasteiger partial charge in [-0.15, -0.1) is 0 Å². The Hall–Kier alpha value is -1.22. The molecule has 0 amide bonds. The molecule has 0 aliphatic carbocycles. The van der Waals surface area contributed by atoms with Gasteiger partial charge in [0, 0.05) is 12.8 Å². The van der Waals surface area contributed by atoms with Crippen molar-refractivity contribution in [3.05, 3.63) is 0 Å². The van der Waals surface area contributed by atoms with Crippen LogP contribution in [0.15, 0.2) is 0 Å². The molecule has 0 spiro atoms. The van der Waals surface area contributed by atoms with Crippen LogP contribution in [-0.2, 0) is 23.8 Å². The zero-order valence-corrected chi connectivity index (χ0v) is 26.9. The van der Waals surface area contributed by atoms with Gasteiger partial charge >= 0.3 is 11.9 Å². The van der Waals surface area contributed by atoms with Crippen LogP contribution in [0.25, 0.3) is 0 Å². The first-order chi connectivity index (χ1) is 20.4. The summed E-state index contributed by atoms with van der Waals surface area (Å²) < 4.78 is 16.2. The molecule has 8 nitrogen and oxygen atoms in total. The van der Waals surface area contributed by atoms with Gasteiger partial charge in [0.2, 0.25) is 0 Å². The second-order valence-corrected chi connectivity index (χ2v) is 12.2. The van der Waals surface area contributed by atoms with Crippen LogP contribution in [0.4, 0.5) is 0 Å². The fourth-order valence-electron chi connectivity index (χ4n) is 5.61. The highest BCUT2D eigenvalue weighted by molar-refractivity contribution is 5.70. The second kappa shape index (κ2) is 26.2. The average Bonchev–Trinajstić information content (AvgIpc) is 2.98. The Morgan fingerprint density at radius 3 is 1.24 bits per heavy atom. The lowest BCUT2D eigenvalue weighted by molar-refractivity contribution is -0.293. The van der Waals surface area contributed by atoms with Gasteiger partial charge in [-0.1, -0.05) is 142 Å². The van der Waals surface area contributed by atoms with Crippen molar-refractivity contribution < 1.29 is 39.1 Å². The molecule has 1 saturated heterocycles. The van der Waals surface area contributed by atoms with E-state index in [2.05, 4.69) is 13.8 Å². The number of ether oxygens (including phenoxy) is 3. The van der Waals surface area contributed by atoms with Gasteiger partial charge in [-0.05, 0) is 12.8 Å². The molecule has 248 valence electrons. The first-order valence-corrected chi connectivity index (χ1v) is 17.5. The van der Waals surface area contributed by atoms with Crippen LogP contribution < -0.4 is 0 Å². The highest BCUT2D eigenvalue weighted by Gasteiger charge is 2.49. The summed E-state index contributed by atoms with van der Waals surface area (Å²) >= 11 is 0. The van der Waals surface area contributed by atoms with E-state index in [4.69, 9.17) is 14.2 Å². The summed E-state index contributed by atoms with van der Waals surface area (Å²) in [5.74, 6) is -1.05. The Balaban J connectivity index is 2.32. The first kappa shape index (κ1) is 38.8. The second-order valence-electron chi connectivity index (χ2n) is 12.2. The van der Waals surface area contributed by atoms with Gasteiger partial charge in [-0.25, -0.2) is 0 Å². The number of esters is 2. The number of hydrogen-bond acceptors (Lipinski definition) is 8. The number of aliphatic hydroxyl groups is 3. The van der Waals surface area contributed by atoms with Gasteiger partial charge in [0.15, 0.2) is 18.5 Å². The van der Waals surface area contributed by atoms with E-state index in [1.807, 2.05) is 0 Å². The minimum atomic E-state index is -1.61. The summed E-state index contributed by atoms with van der Waals surface area (Å²) in [7, 11) is 0. The molecule has 1 aliphatic rings. The monoisotopic (exact) mass is 600 g/mol. The minimum Gasteiger partial charge on any atom is -0.455 e. The van der Waals surface area contributed by atoms with Crippen molar-refractivity contribution in [3.63, 3.8) is 0 Å². The number of rotatable bonds is 27. The van der Waals surface area contributed by atoms with Gasteiger partial charge in [-0.3, -0.25) is 9.59 Å². The zero-order chi connectivity index (χ0) is 30.8. The fourth-order valence-corrected chi connectivity index (χ4v) is 5.61. The normalized spacial score (nSPS) is 22.3. The Kier molecular flexibility index (Phi) is 24.2. The zero-order valence-electron chi connectivity index (χ0n) is 26.9. The summed E-state index contributed by atoms with van der Waals surface area (Å²) in [6.45, 7) is 3.89. The van der Waals surface area contributed by atoms with Crippen molar-refractivity contribution in [1.29, 1.82) is 0 Å². The SMILES string of the molecule is CCCCCCCCCCCCCC(=O)O[C@@H]1[C@@H](OC(=O)CCCCCCCCCCCCC)[C@@H](O)[C@@H](CO)O[C@@H]1O. The van der Waals surface area contributed by atoms with E-state index in [0.717, 1.165) is 38.5 Å². The Labute approximate surface area is 256 Å². The lowest BCUT2D eigenvalue weighted by Crippen LogP contribution is -2.61. The van der Waals surface area contributed by atoms with Crippen molar-refractivity contribution in [2.24, 2.45) is 0 Å². The lowest BCUT2D eigenvalue weighted by Gasteiger charge is -2.41. The predicted molar refractivity (Wildman–Crippen MR) is 166 cm³/mol. The topological polar surface area (TPSA) is 123 Å². The highest BCUT2D eigenvalue weighted by atomic mass is 16.7. The van der Waals surface area contributed by atoms with E-state index < -0.39 is 49.3 Å². The molecule has 0 unspecified atom stereocenters. The fraction of sp³-hybridized carbons (Fsp3) is 0.941. The van der Waals surface area contributed by atoms with E-state index in [-0.39, 0.29) is 12.8 Å². The molecule has 1 aliphatic heterocycles. The lowest BCUT2D eigenvalue weighted by atomic mass is 9.98. The van der Waals surface area contributed by atoms with Crippen LogP contribution in [-0.4, -0.2) is 64.6 Å². The van der Waals surface area contributed by atoms with E-state index in [1.54, 1.807) is 0 Å². The quantitative estimate of drug-likeness (QED) is 0.0664. The van der Waals surface area contributed by atoms with Crippen molar-refractivity contribution in [1.82, 2.24) is 0 Å². The molecule has 0 aromatic rings. The molecule has 1 heterocycles. The predicted octanol–water partition coefficient (Wildman–Crippen LogP) is 7.28. The molecule has 0 radical (unpaired) electrons. The highest BCUT2D eigenvalue weighted by Crippen LogP contribution is 2.26. The van der Waals surface area contributed by atoms with Gasteiger partial charge in [0.1, 0.15) is 12.2 Å². The molecule has 1 fully saturated rings. The summed E-state index contributed by atoms with van der Waals surface area (Å²) in [4.78, 5) is 25.1. The molecular formula is C34H64O8. The van der Waals surface area contributed by atoms with E-state index in [9.17, 15) is 24.9 Å². The van der Waals surface area contributed by atoms with Gasteiger partial charge in [0.05, 0.1) is 6.61 Å². The van der Waals surface area contributed by atoms with Crippen LogP contribution in [0, 0.1) is 0 Å². The maximum absolute atomic E-state index is 12.6. The third-order valence-corrected chi connectivity index (χ3v) is 8.32. The first-order valence-electron chi connectivity index (χ1n) is 17.5. The van der Waals surface area contributed by atoms with Crippen molar-refractivity contribution in [3.8, 4) is 0 Å². The Morgan fingerprint density at radius 2 is 0.881 bits per heavy atom. The number of carbonyl (C=O) groups excluding carboxylic acids is 2. The molecule has 1 rings (SSSR count). The summed E-state index contributed by atoms with van der Waals surface area (Å²) in [6, 6.07) is 0. The maximum Gasteiger partial charge on any atom is 0.306 e. The molecule has 8 heteroatoms. The van der Waals surface area contributed by atoms with Crippen LogP contribution in [0.5, 0.6) is 0 Å². The molecule has 0 aromatic carbocycles. The molecule has 0 saturated carbocycles. The van der Waals surface area contributed by atoms with Crippen molar-refractivity contribution in [2.75, 3.05) is 6.61 Å². The number of carbonyl (C=O) groups is 2. The average molecular weight is 601 g/mol. The van der Waals surface area contributed by atoms with Crippen LogP contribution in [0.2, 0.25) is 0 Å². The number of hydrogen-bond donors (Lipinski definition) is 3. The van der Waals surface area contributed by atoms with Crippen LogP contribution in [0.1, 0.15) is 168 Å². The maximum atomic E-state index is 12.6. The minimum absolute atomic E-state index is 0.180. The van der Waals surface area contributed by atoms with Crippen LogP contribution in [0.3, 0.4) is 0 Å². The molecule has 42 heavy (non-hydrogen) atoms. The van der Waals surface area contributed by atoms with E-state index >= 15 is 0 Å². The summed E-state index contributed by atoms with van der Waals surface area (Å²) in [5.41, 5.74) is 0. The number of aliphatic hydroxyl groups excluding tert-OH is 3. The Morgan fingerprint density at radius 1 is 0.548 bits per heavy atom. The summed E-state index contributed by atoms with van der Waals surface area (Å²) in [6.07, 6.45) is 19.2. The molecule has 5 atom stereocenters. The Bertz CT molecular complexity index is 657. The van der Waals surface area contributed by atoms with Gasteiger partial charge < -0.3 is 29.5 Å². The molecule has 3 N–H and O–H groups in total.